The Morgan fingerprint density at radius 2 is 2.04 bits per heavy atom. The molecule has 0 aliphatic carbocycles. The smallest absolute Gasteiger partial charge is 0.0645 e. The third kappa shape index (κ3) is 10.1. The van der Waals surface area contributed by atoms with Gasteiger partial charge in [-0.3, -0.25) is 4.99 Å². The molecule has 0 radical (unpaired) electrons. The van der Waals surface area contributed by atoms with Crippen LogP contribution < -0.4 is 16.0 Å². The predicted molar refractivity (Wildman–Crippen MR) is 97.7 cm³/mol. The summed E-state index contributed by atoms with van der Waals surface area (Å²) in [5.74, 6) is 0. The van der Waals surface area contributed by atoms with Crippen LogP contribution in [0.1, 0.15) is 33.6 Å². The third-order valence-corrected chi connectivity index (χ3v) is 3.63. The second-order valence-corrected chi connectivity index (χ2v) is 5.35. The van der Waals surface area contributed by atoms with Gasteiger partial charge in [0.2, 0.25) is 0 Å². The van der Waals surface area contributed by atoms with Crippen molar-refractivity contribution in [3.05, 3.63) is 23.7 Å². The Morgan fingerprint density at radius 3 is 2.61 bits per heavy atom. The monoisotopic (exact) mass is 326 g/mol. The third-order valence-electron chi connectivity index (χ3n) is 3.63. The van der Waals surface area contributed by atoms with E-state index >= 15 is 0 Å². The highest BCUT2D eigenvalue weighted by Gasteiger charge is 2.04. The Morgan fingerprint density at radius 1 is 1.30 bits per heavy atom. The minimum Gasteiger partial charge on any atom is -0.394 e. The van der Waals surface area contributed by atoms with Crippen molar-refractivity contribution in [2.75, 3.05) is 40.5 Å². The van der Waals surface area contributed by atoms with E-state index in [-0.39, 0.29) is 12.6 Å². The van der Waals surface area contributed by atoms with Crippen LogP contribution in [-0.2, 0) is 4.74 Å². The van der Waals surface area contributed by atoms with Crippen LogP contribution in [0.2, 0.25) is 0 Å². The molecule has 0 amide bonds. The zero-order valence-electron chi connectivity index (χ0n) is 15.3. The summed E-state index contributed by atoms with van der Waals surface area (Å²) in [5, 5.41) is 19.0. The number of methoxy groups -OCH3 is 1. The van der Waals surface area contributed by atoms with Crippen LogP contribution >= 0.6 is 0 Å². The van der Waals surface area contributed by atoms with Gasteiger partial charge in [-0.1, -0.05) is 6.92 Å². The molecule has 0 aromatic rings. The maximum absolute atomic E-state index is 9.36. The SMILES string of the molecule is CCC(=N/C)/C(C)=C(\C)N/C=C/N[C@@H](CO)CNCCCOC. The average molecular weight is 326 g/mol. The summed E-state index contributed by atoms with van der Waals surface area (Å²) in [6.07, 6.45) is 5.55. The van der Waals surface area contributed by atoms with E-state index in [1.165, 1.54) is 0 Å². The molecule has 0 aliphatic rings. The first-order chi connectivity index (χ1) is 11.1. The molecule has 1 atom stereocenters. The standard InChI is InChI=1S/C17H34N4O2/c1-6-17(18-4)14(2)15(3)20-9-10-21-16(13-22)12-19-8-7-11-23-5/h9-10,16,19-22H,6-8,11-13H2,1-5H3/b10-9+,15-14+,18-17-/t16-/m1/s1. The number of nitrogens with one attached hydrogen (secondary N) is 3. The molecule has 23 heavy (non-hydrogen) atoms. The molecule has 0 bridgehead atoms. The molecule has 0 aromatic carbocycles. The van der Waals surface area contributed by atoms with Crippen LogP contribution in [0.3, 0.4) is 0 Å². The Balaban J connectivity index is 4.17. The van der Waals surface area contributed by atoms with Crippen LogP contribution in [0, 0.1) is 0 Å². The molecular weight excluding hydrogens is 292 g/mol. The van der Waals surface area contributed by atoms with E-state index in [1.807, 2.05) is 26.4 Å². The molecule has 4 N–H and O–H groups in total. The quantitative estimate of drug-likeness (QED) is 0.304. The second kappa shape index (κ2) is 14.2. The molecular formula is C17H34N4O2. The van der Waals surface area contributed by atoms with Crippen LogP contribution in [-0.4, -0.2) is 57.3 Å². The fraction of sp³-hybridized carbons (Fsp3) is 0.706. The van der Waals surface area contributed by atoms with Gasteiger partial charge in [0.1, 0.15) is 0 Å². The minimum absolute atomic E-state index is 0.00983. The number of ether oxygens (including phenoxy) is 1. The zero-order valence-corrected chi connectivity index (χ0v) is 15.3. The van der Waals surface area contributed by atoms with E-state index in [9.17, 15) is 5.11 Å². The van der Waals surface area contributed by atoms with Crippen LogP contribution in [0.25, 0.3) is 0 Å². The van der Waals surface area contributed by atoms with Crippen molar-refractivity contribution in [2.45, 2.75) is 39.7 Å². The van der Waals surface area contributed by atoms with E-state index < -0.39 is 0 Å². The molecule has 134 valence electrons. The molecule has 0 saturated carbocycles. The average Bonchev–Trinajstić information content (AvgIpc) is 2.57. The van der Waals surface area contributed by atoms with Gasteiger partial charge in [-0.15, -0.1) is 0 Å². The summed E-state index contributed by atoms with van der Waals surface area (Å²) in [6.45, 7) is 8.61. The van der Waals surface area contributed by atoms with Gasteiger partial charge in [-0.05, 0) is 38.8 Å². The summed E-state index contributed by atoms with van der Waals surface area (Å²) in [5.41, 5.74) is 3.34. The Bertz CT molecular complexity index is 392. The van der Waals surface area contributed by atoms with Crippen LogP contribution in [0.15, 0.2) is 28.7 Å². The van der Waals surface area contributed by atoms with Crippen molar-refractivity contribution >= 4 is 5.71 Å². The molecule has 6 nitrogen and oxygen atoms in total. The Kier molecular flexibility index (Phi) is 13.4. The van der Waals surface area contributed by atoms with E-state index in [1.54, 1.807) is 7.11 Å². The summed E-state index contributed by atoms with van der Waals surface area (Å²) in [6, 6.07) is -0.00983. The van der Waals surface area contributed by atoms with Gasteiger partial charge < -0.3 is 25.8 Å². The summed E-state index contributed by atoms with van der Waals surface area (Å²) >= 11 is 0. The molecule has 0 unspecified atom stereocenters. The van der Waals surface area contributed by atoms with E-state index in [2.05, 4.69) is 34.8 Å². The highest BCUT2D eigenvalue weighted by Crippen LogP contribution is 2.05. The van der Waals surface area contributed by atoms with Crippen molar-refractivity contribution in [1.82, 2.24) is 16.0 Å². The largest absolute Gasteiger partial charge is 0.394 e. The lowest BCUT2D eigenvalue weighted by atomic mass is 10.1. The highest BCUT2D eigenvalue weighted by atomic mass is 16.5. The van der Waals surface area contributed by atoms with Crippen LogP contribution in [0.5, 0.6) is 0 Å². The molecule has 0 heterocycles. The van der Waals surface area contributed by atoms with Gasteiger partial charge in [-0.25, -0.2) is 0 Å². The number of allylic oxidation sites excluding steroid dienone is 2. The zero-order chi connectivity index (χ0) is 17.5. The maximum atomic E-state index is 9.36. The molecule has 0 aromatic heterocycles. The second-order valence-electron chi connectivity index (χ2n) is 5.35. The van der Waals surface area contributed by atoms with E-state index in [4.69, 9.17) is 4.74 Å². The van der Waals surface area contributed by atoms with Gasteiger partial charge in [0.15, 0.2) is 0 Å². The van der Waals surface area contributed by atoms with Crippen molar-refractivity contribution in [2.24, 2.45) is 4.99 Å². The number of rotatable bonds is 13. The van der Waals surface area contributed by atoms with Crippen molar-refractivity contribution in [3.8, 4) is 0 Å². The predicted octanol–water partition coefficient (Wildman–Crippen LogP) is 1.40. The lowest BCUT2D eigenvalue weighted by Gasteiger charge is -2.15. The van der Waals surface area contributed by atoms with Gasteiger partial charge in [-0.2, -0.15) is 0 Å². The van der Waals surface area contributed by atoms with Gasteiger partial charge >= 0.3 is 0 Å². The topological polar surface area (TPSA) is 77.9 Å². The first-order valence-corrected chi connectivity index (χ1v) is 8.22. The molecule has 0 saturated heterocycles. The fourth-order valence-corrected chi connectivity index (χ4v) is 2.06. The number of nitrogens with zero attached hydrogens (tertiary/aromatic N) is 1. The van der Waals surface area contributed by atoms with Crippen molar-refractivity contribution < 1.29 is 9.84 Å². The molecule has 0 spiro atoms. The van der Waals surface area contributed by atoms with Gasteiger partial charge in [0.25, 0.3) is 0 Å². The summed E-state index contributed by atoms with van der Waals surface area (Å²) in [7, 11) is 3.52. The molecule has 0 fully saturated rings. The number of aliphatic hydroxyl groups excluding tert-OH is 1. The first-order valence-electron chi connectivity index (χ1n) is 8.22. The van der Waals surface area contributed by atoms with Crippen molar-refractivity contribution in [1.29, 1.82) is 0 Å². The highest BCUT2D eigenvalue weighted by molar-refractivity contribution is 5.99. The number of aliphatic imine (C=N–C) groups is 1. The Labute approximate surface area is 141 Å². The van der Waals surface area contributed by atoms with E-state index in [0.29, 0.717) is 6.54 Å². The Hall–Kier alpha value is -1.37. The molecule has 6 heteroatoms. The lowest BCUT2D eigenvalue weighted by Crippen LogP contribution is -2.39. The minimum atomic E-state index is -0.00983. The number of hydrogen-bond acceptors (Lipinski definition) is 6. The normalized spacial score (nSPS) is 14.8. The number of hydrogen-bond donors (Lipinski definition) is 4. The maximum Gasteiger partial charge on any atom is 0.0645 e. The molecule has 0 rings (SSSR count). The summed E-state index contributed by atoms with van der Waals surface area (Å²) in [4.78, 5) is 4.28. The van der Waals surface area contributed by atoms with E-state index in [0.717, 1.165) is 43.0 Å². The number of aliphatic hydroxyl groups is 1. The fourth-order valence-electron chi connectivity index (χ4n) is 2.06. The lowest BCUT2D eigenvalue weighted by molar-refractivity contribution is 0.193. The molecule has 0 aliphatic heterocycles. The first kappa shape index (κ1) is 21.6. The van der Waals surface area contributed by atoms with Crippen LogP contribution in [0.4, 0.5) is 0 Å². The van der Waals surface area contributed by atoms with Gasteiger partial charge in [0.05, 0.1) is 12.6 Å². The van der Waals surface area contributed by atoms with Gasteiger partial charge in [0, 0.05) is 51.1 Å². The summed E-state index contributed by atoms with van der Waals surface area (Å²) < 4.78 is 4.99. The van der Waals surface area contributed by atoms with Crippen molar-refractivity contribution in [3.63, 3.8) is 0 Å².